The van der Waals surface area contributed by atoms with Gasteiger partial charge < -0.3 is 10.2 Å². The number of nitrogens with one attached hydrogen (secondary N) is 2. The lowest BCUT2D eigenvalue weighted by Crippen LogP contribution is -2.21. The maximum absolute atomic E-state index is 12.5. The minimum atomic E-state index is -0.589. The Morgan fingerprint density at radius 2 is 2.03 bits per heavy atom. The Bertz CT molecular complexity index is 1380. The van der Waals surface area contributed by atoms with Crippen LogP contribution < -0.4 is 16.8 Å². The fraction of sp³-hybridized carbons (Fsp3) is 0. The van der Waals surface area contributed by atoms with E-state index in [9.17, 15) is 4.79 Å². The van der Waals surface area contributed by atoms with Crippen LogP contribution in [0.3, 0.4) is 0 Å². The van der Waals surface area contributed by atoms with Gasteiger partial charge in [0.2, 0.25) is 5.71 Å². The van der Waals surface area contributed by atoms with Gasteiger partial charge >= 0.3 is 5.63 Å². The van der Waals surface area contributed by atoms with Crippen molar-refractivity contribution in [3.63, 3.8) is 0 Å². The number of hydrazone groups is 1. The van der Waals surface area contributed by atoms with E-state index in [-0.39, 0.29) is 11.4 Å². The molecule has 0 aliphatic rings. The van der Waals surface area contributed by atoms with Gasteiger partial charge in [-0.1, -0.05) is 35.5 Å². The Morgan fingerprint density at radius 1 is 1.23 bits per heavy atom. The van der Waals surface area contributed by atoms with Crippen LogP contribution in [0.2, 0.25) is 0 Å². The molecule has 0 amide bonds. The molecule has 0 bridgehead atoms. The van der Waals surface area contributed by atoms with Crippen molar-refractivity contribution < 1.29 is 4.42 Å². The van der Waals surface area contributed by atoms with Crippen LogP contribution in [0, 0.1) is 16.7 Å². The molecule has 146 valence electrons. The van der Waals surface area contributed by atoms with Crippen LogP contribution in [0.5, 0.6) is 0 Å². The molecular formula is C20H14N8O2. The average Bonchev–Trinajstić information content (AvgIpc) is 3.24. The molecule has 0 unspecified atom stereocenters. The highest BCUT2D eigenvalue weighted by atomic mass is 16.4. The zero-order valence-corrected chi connectivity index (χ0v) is 15.4. The highest BCUT2D eigenvalue weighted by molar-refractivity contribution is 6.45. The van der Waals surface area contributed by atoms with Crippen molar-refractivity contribution in [1.29, 1.82) is 10.7 Å². The molecule has 0 spiro atoms. The van der Waals surface area contributed by atoms with Gasteiger partial charge in [0, 0.05) is 17.0 Å². The quantitative estimate of drug-likeness (QED) is 0.201. The molecule has 0 saturated heterocycles. The maximum Gasteiger partial charge on any atom is 0.362 e. The predicted octanol–water partition coefficient (Wildman–Crippen LogP) is 2.27. The highest BCUT2D eigenvalue weighted by Crippen LogP contribution is 2.21. The predicted molar refractivity (Wildman–Crippen MR) is 111 cm³/mol. The van der Waals surface area contributed by atoms with Crippen molar-refractivity contribution in [3.05, 3.63) is 71.2 Å². The number of fused-ring (bicyclic) bond motifs is 1. The van der Waals surface area contributed by atoms with Crippen molar-refractivity contribution >= 4 is 28.2 Å². The third-order valence-electron chi connectivity index (χ3n) is 4.19. The fourth-order valence-corrected chi connectivity index (χ4v) is 2.72. The maximum atomic E-state index is 12.5. The van der Waals surface area contributed by atoms with Crippen LogP contribution in [-0.4, -0.2) is 26.5 Å². The number of aromatic nitrogens is 3. The minimum Gasteiger partial charge on any atom is -0.421 e. The van der Waals surface area contributed by atoms with Crippen molar-refractivity contribution in [3.8, 4) is 23.0 Å². The van der Waals surface area contributed by atoms with Crippen LogP contribution in [0.15, 0.2) is 75.1 Å². The molecule has 30 heavy (non-hydrogen) atoms. The summed E-state index contributed by atoms with van der Waals surface area (Å²) in [7, 11) is 0. The summed E-state index contributed by atoms with van der Waals surface area (Å²) < 4.78 is 6.79. The number of hydrogen-bond donors (Lipinski definition) is 3. The molecule has 10 heteroatoms. The summed E-state index contributed by atoms with van der Waals surface area (Å²) in [6.45, 7) is 0. The Labute approximate surface area is 169 Å². The first-order valence-electron chi connectivity index (χ1n) is 8.69. The second kappa shape index (κ2) is 7.69. The molecule has 0 aliphatic carbocycles. The number of benzene rings is 2. The first-order valence-corrected chi connectivity index (χ1v) is 8.69. The summed E-state index contributed by atoms with van der Waals surface area (Å²) in [5.41, 5.74) is 9.52. The molecule has 4 aromatic rings. The van der Waals surface area contributed by atoms with Gasteiger partial charge in [-0.25, -0.2) is 9.48 Å². The van der Waals surface area contributed by atoms with Crippen LogP contribution in [0.4, 0.5) is 5.69 Å². The number of amidine groups is 1. The highest BCUT2D eigenvalue weighted by Gasteiger charge is 2.11. The molecule has 0 aliphatic heterocycles. The number of nitrogens with zero attached hydrogens (tertiary/aromatic N) is 5. The Hall–Kier alpha value is -4.78. The van der Waals surface area contributed by atoms with E-state index < -0.39 is 11.5 Å². The SMILES string of the molecule is N#C/C(=N\Nc1ccc2cc(-n3cc(-c4ccccc4)nn3)c(=O)oc2c1)C(=N)N. The largest absolute Gasteiger partial charge is 0.421 e. The summed E-state index contributed by atoms with van der Waals surface area (Å²) in [6, 6.07) is 17.8. The van der Waals surface area contributed by atoms with Gasteiger partial charge in [0.25, 0.3) is 0 Å². The molecule has 0 atom stereocenters. The number of nitrogens with two attached hydrogens (primary N) is 1. The van der Waals surface area contributed by atoms with E-state index >= 15 is 0 Å². The van der Waals surface area contributed by atoms with Crippen molar-refractivity contribution in [2.45, 2.75) is 0 Å². The van der Waals surface area contributed by atoms with Crippen molar-refractivity contribution in [2.75, 3.05) is 5.43 Å². The summed E-state index contributed by atoms with van der Waals surface area (Å²) in [6.07, 6.45) is 1.66. The second-order valence-electron chi connectivity index (χ2n) is 6.18. The van der Waals surface area contributed by atoms with E-state index in [1.807, 2.05) is 30.3 Å². The monoisotopic (exact) mass is 398 g/mol. The van der Waals surface area contributed by atoms with Crippen LogP contribution >= 0.6 is 0 Å². The number of nitriles is 1. The molecule has 4 rings (SSSR count). The van der Waals surface area contributed by atoms with Crippen molar-refractivity contribution in [1.82, 2.24) is 15.0 Å². The van der Waals surface area contributed by atoms with Gasteiger partial charge in [0.15, 0.2) is 11.5 Å². The lowest BCUT2D eigenvalue weighted by atomic mass is 10.2. The normalized spacial score (nSPS) is 11.2. The summed E-state index contributed by atoms with van der Waals surface area (Å²) in [4.78, 5) is 12.5. The summed E-state index contributed by atoms with van der Waals surface area (Å²) in [5.74, 6) is -0.454. The first-order chi connectivity index (χ1) is 14.5. The van der Waals surface area contributed by atoms with Gasteiger partial charge in [0.05, 0.1) is 11.9 Å². The van der Waals surface area contributed by atoms with E-state index in [0.29, 0.717) is 22.4 Å². The van der Waals surface area contributed by atoms with Gasteiger partial charge in [0.1, 0.15) is 17.3 Å². The first kappa shape index (κ1) is 18.6. The Morgan fingerprint density at radius 3 is 2.77 bits per heavy atom. The molecular weight excluding hydrogens is 384 g/mol. The topological polar surface area (TPSA) is 159 Å². The fourth-order valence-electron chi connectivity index (χ4n) is 2.72. The molecule has 2 aromatic carbocycles. The van der Waals surface area contributed by atoms with Gasteiger partial charge in [-0.2, -0.15) is 10.4 Å². The molecule has 0 saturated carbocycles. The van der Waals surface area contributed by atoms with Crippen molar-refractivity contribution in [2.24, 2.45) is 10.8 Å². The molecule has 4 N–H and O–H groups in total. The van der Waals surface area contributed by atoms with Gasteiger partial charge in [-0.05, 0) is 18.2 Å². The average molecular weight is 398 g/mol. The van der Waals surface area contributed by atoms with E-state index in [4.69, 9.17) is 20.8 Å². The number of rotatable bonds is 5. The Balaban J connectivity index is 1.67. The molecule has 0 fully saturated rings. The third-order valence-corrected chi connectivity index (χ3v) is 4.19. The van der Waals surface area contributed by atoms with E-state index in [0.717, 1.165) is 5.56 Å². The lowest BCUT2D eigenvalue weighted by molar-refractivity contribution is 0.550. The van der Waals surface area contributed by atoms with Crippen LogP contribution in [0.25, 0.3) is 27.9 Å². The zero-order chi connectivity index (χ0) is 21.1. The molecule has 10 nitrogen and oxygen atoms in total. The minimum absolute atomic E-state index is 0.222. The third kappa shape index (κ3) is 3.63. The van der Waals surface area contributed by atoms with E-state index in [1.54, 1.807) is 36.5 Å². The molecule has 2 aromatic heterocycles. The summed E-state index contributed by atoms with van der Waals surface area (Å²) in [5, 5.41) is 28.7. The summed E-state index contributed by atoms with van der Waals surface area (Å²) >= 11 is 0. The van der Waals surface area contributed by atoms with E-state index in [2.05, 4.69) is 20.8 Å². The van der Waals surface area contributed by atoms with Gasteiger partial charge in [-0.3, -0.25) is 10.8 Å². The number of anilines is 1. The standard InChI is InChI=1S/C20H14N8O2/c21-10-15(19(22)23)25-24-14-7-6-13-8-17(20(29)30-18(13)9-14)28-11-16(26-27-28)12-4-2-1-3-5-12/h1-9,11,24H,(H3,22,23)/b25-15+. The van der Waals surface area contributed by atoms with Crippen LogP contribution in [0.1, 0.15) is 0 Å². The smallest absolute Gasteiger partial charge is 0.362 e. The number of hydrogen-bond acceptors (Lipinski definition) is 8. The molecule has 2 heterocycles. The van der Waals surface area contributed by atoms with Crippen LogP contribution in [-0.2, 0) is 0 Å². The zero-order valence-electron chi connectivity index (χ0n) is 15.4. The molecule has 0 radical (unpaired) electrons. The lowest BCUT2D eigenvalue weighted by Gasteiger charge is -2.04. The second-order valence-corrected chi connectivity index (χ2v) is 6.18. The van der Waals surface area contributed by atoms with E-state index in [1.165, 1.54) is 4.68 Å². The van der Waals surface area contributed by atoms with Gasteiger partial charge in [-0.15, -0.1) is 5.10 Å². The Kier molecular flexibility index (Phi) is 4.76.